The van der Waals surface area contributed by atoms with Gasteiger partial charge in [-0.2, -0.15) is 5.26 Å². The van der Waals surface area contributed by atoms with E-state index in [4.69, 9.17) is 11.0 Å². The standard InChI is InChI=1S/C13H15N3O2/c1-16(2)13(18)11(12(15)17)7-9-3-5-10(8-14)6-4-9/h3-6,11H,7H2,1-2H3,(H2,15,17). The maximum absolute atomic E-state index is 11.8. The molecule has 2 N–H and O–H groups in total. The van der Waals surface area contributed by atoms with E-state index in [9.17, 15) is 9.59 Å². The third-order valence-electron chi connectivity index (χ3n) is 2.61. The van der Waals surface area contributed by atoms with Gasteiger partial charge in [0.05, 0.1) is 11.6 Å². The van der Waals surface area contributed by atoms with Crippen molar-refractivity contribution in [2.75, 3.05) is 14.1 Å². The van der Waals surface area contributed by atoms with Crippen LogP contribution in [0.3, 0.4) is 0 Å². The van der Waals surface area contributed by atoms with Crippen molar-refractivity contribution < 1.29 is 9.59 Å². The summed E-state index contributed by atoms with van der Waals surface area (Å²) in [5, 5.41) is 8.67. The van der Waals surface area contributed by atoms with Crippen LogP contribution in [0.5, 0.6) is 0 Å². The molecular weight excluding hydrogens is 230 g/mol. The first kappa shape index (κ1) is 13.7. The van der Waals surface area contributed by atoms with Crippen LogP contribution in [0, 0.1) is 17.2 Å². The summed E-state index contributed by atoms with van der Waals surface area (Å²) in [4.78, 5) is 24.4. The van der Waals surface area contributed by atoms with Gasteiger partial charge in [0.25, 0.3) is 0 Å². The number of nitrogens with zero attached hydrogens (tertiary/aromatic N) is 2. The van der Waals surface area contributed by atoms with Crippen LogP contribution in [0.2, 0.25) is 0 Å². The van der Waals surface area contributed by atoms with Gasteiger partial charge in [-0.3, -0.25) is 9.59 Å². The zero-order valence-electron chi connectivity index (χ0n) is 10.4. The van der Waals surface area contributed by atoms with Crippen LogP contribution in [-0.4, -0.2) is 30.8 Å². The molecule has 94 valence electrons. The zero-order chi connectivity index (χ0) is 13.7. The molecule has 5 heteroatoms. The van der Waals surface area contributed by atoms with Gasteiger partial charge in [-0.1, -0.05) is 12.1 Å². The van der Waals surface area contributed by atoms with Crippen LogP contribution in [0.1, 0.15) is 11.1 Å². The minimum absolute atomic E-state index is 0.248. The molecule has 0 aliphatic carbocycles. The molecule has 0 spiro atoms. The average molecular weight is 245 g/mol. The highest BCUT2D eigenvalue weighted by Gasteiger charge is 2.25. The monoisotopic (exact) mass is 245 g/mol. The van der Waals surface area contributed by atoms with E-state index in [2.05, 4.69) is 0 Å². The summed E-state index contributed by atoms with van der Waals surface area (Å²) in [5.41, 5.74) is 6.58. The number of rotatable bonds is 4. The van der Waals surface area contributed by atoms with Crippen molar-refractivity contribution in [3.63, 3.8) is 0 Å². The Labute approximate surface area is 106 Å². The van der Waals surface area contributed by atoms with Crippen LogP contribution in [0.15, 0.2) is 24.3 Å². The molecule has 0 saturated heterocycles. The Hall–Kier alpha value is -2.35. The number of amides is 2. The Balaban J connectivity index is 2.87. The number of nitrogens with two attached hydrogens (primary N) is 1. The molecule has 0 heterocycles. The molecule has 0 fully saturated rings. The fraction of sp³-hybridized carbons (Fsp3) is 0.308. The molecule has 1 aromatic rings. The smallest absolute Gasteiger partial charge is 0.234 e. The highest BCUT2D eigenvalue weighted by Crippen LogP contribution is 2.12. The lowest BCUT2D eigenvalue weighted by Crippen LogP contribution is -2.39. The normalized spacial score (nSPS) is 11.4. The van der Waals surface area contributed by atoms with E-state index in [0.717, 1.165) is 5.56 Å². The average Bonchev–Trinajstić information content (AvgIpc) is 2.35. The third-order valence-corrected chi connectivity index (χ3v) is 2.61. The Morgan fingerprint density at radius 1 is 1.33 bits per heavy atom. The van der Waals surface area contributed by atoms with Gasteiger partial charge in [0.15, 0.2) is 0 Å². The minimum Gasteiger partial charge on any atom is -0.369 e. The van der Waals surface area contributed by atoms with Gasteiger partial charge in [0.2, 0.25) is 11.8 Å². The van der Waals surface area contributed by atoms with E-state index >= 15 is 0 Å². The third kappa shape index (κ3) is 3.32. The lowest BCUT2D eigenvalue weighted by atomic mass is 9.97. The number of carbonyl (C=O) groups excluding carboxylic acids is 2. The summed E-state index contributed by atoms with van der Waals surface area (Å²) < 4.78 is 0. The van der Waals surface area contributed by atoms with Crippen LogP contribution in [0.25, 0.3) is 0 Å². The second-order valence-corrected chi connectivity index (χ2v) is 4.20. The van der Waals surface area contributed by atoms with E-state index in [-0.39, 0.29) is 12.3 Å². The van der Waals surface area contributed by atoms with Gasteiger partial charge in [-0.15, -0.1) is 0 Å². The minimum atomic E-state index is -0.868. The van der Waals surface area contributed by atoms with Crippen LogP contribution >= 0.6 is 0 Å². The van der Waals surface area contributed by atoms with Crippen LogP contribution in [0.4, 0.5) is 0 Å². The molecule has 0 radical (unpaired) electrons. The number of benzene rings is 1. The largest absolute Gasteiger partial charge is 0.369 e. The Morgan fingerprint density at radius 3 is 2.28 bits per heavy atom. The molecule has 0 aliphatic heterocycles. The topological polar surface area (TPSA) is 87.2 Å². The van der Waals surface area contributed by atoms with E-state index in [0.29, 0.717) is 5.56 Å². The highest BCUT2D eigenvalue weighted by atomic mass is 16.2. The molecule has 5 nitrogen and oxygen atoms in total. The van der Waals surface area contributed by atoms with Gasteiger partial charge in [0.1, 0.15) is 5.92 Å². The van der Waals surface area contributed by atoms with Crippen molar-refractivity contribution in [1.82, 2.24) is 4.90 Å². The first-order chi connectivity index (χ1) is 8.45. The SMILES string of the molecule is CN(C)C(=O)C(Cc1ccc(C#N)cc1)C(N)=O. The molecule has 1 unspecified atom stereocenters. The zero-order valence-corrected chi connectivity index (χ0v) is 10.4. The number of carbonyl (C=O) groups is 2. The maximum Gasteiger partial charge on any atom is 0.234 e. The van der Waals surface area contributed by atoms with Crippen LogP contribution < -0.4 is 5.73 Å². The summed E-state index contributed by atoms with van der Waals surface area (Å²) >= 11 is 0. The van der Waals surface area contributed by atoms with Crippen molar-refractivity contribution in [3.05, 3.63) is 35.4 Å². The number of hydrogen-bond donors (Lipinski definition) is 1. The molecule has 18 heavy (non-hydrogen) atoms. The first-order valence-corrected chi connectivity index (χ1v) is 5.45. The van der Waals surface area contributed by atoms with Crippen molar-refractivity contribution in [2.45, 2.75) is 6.42 Å². The van der Waals surface area contributed by atoms with E-state index in [1.165, 1.54) is 4.90 Å². The molecule has 0 saturated carbocycles. The fourth-order valence-electron chi connectivity index (χ4n) is 1.57. The van der Waals surface area contributed by atoms with Crippen molar-refractivity contribution in [1.29, 1.82) is 5.26 Å². The molecule has 1 atom stereocenters. The lowest BCUT2D eigenvalue weighted by molar-refractivity contribution is -0.139. The molecule has 1 rings (SSSR count). The summed E-state index contributed by atoms with van der Waals surface area (Å²) in [5.74, 6) is -1.82. The summed E-state index contributed by atoms with van der Waals surface area (Å²) in [6, 6.07) is 8.74. The Morgan fingerprint density at radius 2 is 1.89 bits per heavy atom. The van der Waals surface area contributed by atoms with Crippen molar-refractivity contribution in [3.8, 4) is 6.07 Å². The Bertz CT molecular complexity index is 486. The predicted molar refractivity (Wildman–Crippen MR) is 66.2 cm³/mol. The molecule has 0 aliphatic rings. The molecule has 0 aromatic heterocycles. The molecule has 2 amide bonds. The number of hydrogen-bond acceptors (Lipinski definition) is 3. The quantitative estimate of drug-likeness (QED) is 0.773. The highest BCUT2D eigenvalue weighted by molar-refractivity contribution is 5.99. The van der Waals surface area contributed by atoms with E-state index in [1.54, 1.807) is 38.4 Å². The van der Waals surface area contributed by atoms with Gasteiger partial charge >= 0.3 is 0 Å². The van der Waals surface area contributed by atoms with Crippen molar-refractivity contribution in [2.24, 2.45) is 11.7 Å². The fourth-order valence-corrected chi connectivity index (χ4v) is 1.57. The molecule has 1 aromatic carbocycles. The maximum atomic E-state index is 11.8. The first-order valence-electron chi connectivity index (χ1n) is 5.45. The molecular formula is C13H15N3O2. The van der Waals surface area contributed by atoms with Gasteiger partial charge in [-0.25, -0.2) is 0 Å². The second kappa shape index (κ2) is 5.82. The predicted octanol–water partition coefficient (Wildman–Crippen LogP) is 0.290. The summed E-state index contributed by atoms with van der Waals surface area (Å²) in [6.45, 7) is 0. The summed E-state index contributed by atoms with van der Waals surface area (Å²) in [7, 11) is 3.16. The molecule has 0 bridgehead atoms. The van der Waals surface area contributed by atoms with Crippen molar-refractivity contribution >= 4 is 11.8 Å². The lowest BCUT2D eigenvalue weighted by Gasteiger charge is -2.17. The number of nitriles is 1. The van der Waals surface area contributed by atoms with Crippen LogP contribution in [-0.2, 0) is 16.0 Å². The van der Waals surface area contributed by atoms with Gasteiger partial charge in [0, 0.05) is 14.1 Å². The second-order valence-electron chi connectivity index (χ2n) is 4.20. The van der Waals surface area contributed by atoms with Gasteiger partial charge < -0.3 is 10.6 Å². The Kier molecular flexibility index (Phi) is 4.44. The summed E-state index contributed by atoms with van der Waals surface area (Å²) in [6.07, 6.45) is 0.248. The number of primary amides is 1. The van der Waals surface area contributed by atoms with E-state index < -0.39 is 11.8 Å². The van der Waals surface area contributed by atoms with Gasteiger partial charge in [-0.05, 0) is 24.1 Å². The van der Waals surface area contributed by atoms with E-state index in [1.807, 2.05) is 6.07 Å².